The average Bonchev–Trinajstić information content (AvgIpc) is 2.42. The van der Waals surface area contributed by atoms with Crippen molar-refractivity contribution in [3.8, 4) is 0 Å². The van der Waals surface area contributed by atoms with Crippen molar-refractivity contribution in [2.24, 2.45) is 0 Å². The Morgan fingerprint density at radius 2 is 2.00 bits per heavy atom. The molecule has 6 nitrogen and oxygen atoms in total. The van der Waals surface area contributed by atoms with Crippen molar-refractivity contribution < 1.29 is 9.72 Å². The maximum absolute atomic E-state index is 11.9. The molecular weight excluding hydrogens is 246 g/mol. The highest BCUT2D eigenvalue weighted by Gasteiger charge is 2.15. The van der Waals surface area contributed by atoms with Crippen LogP contribution in [0.25, 0.3) is 0 Å². The highest BCUT2D eigenvalue weighted by Crippen LogP contribution is 2.22. The summed E-state index contributed by atoms with van der Waals surface area (Å²) in [6, 6.07) is 4.09. The van der Waals surface area contributed by atoms with Crippen molar-refractivity contribution in [3.05, 3.63) is 59.2 Å². The lowest BCUT2D eigenvalue weighted by atomic mass is 10.1. The Balaban J connectivity index is 3.09. The summed E-state index contributed by atoms with van der Waals surface area (Å²) in [5.41, 5.74) is 0.609. The van der Waals surface area contributed by atoms with Gasteiger partial charge in [-0.3, -0.25) is 14.9 Å². The van der Waals surface area contributed by atoms with Crippen LogP contribution in [0.4, 0.5) is 11.4 Å². The van der Waals surface area contributed by atoms with Crippen LogP contribution in [0.5, 0.6) is 0 Å². The average molecular weight is 261 g/mol. The van der Waals surface area contributed by atoms with Gasteiger partial charge in [0.15, 0.2) is 0 Å². The van der Waals surface area contributed by atoms with Crippen LogP contribution >= 0.6 is 0 Å². The molecule has 6 heteroatoms. The second kappa shape index (κ2) is 6.95. The Bertz CT molecular complexity index is 512. The minimum Gasteiger partial charge on any atom is -0.381 e. The lowest BCUT2D eigenvalue weighted by molar-refractivity contribution is -0.384. The van der Waals surface area contributed by atoms with E-state index in [0.29, 0.717) is 18.8 Å². The molecule has 1 aromatic rings. The third-order valence-electron chi connectivity index (χ3n) is 2.30. The summed E-state index contributed by atoms with van der Waals surface area (Å²) in [6.45, 7) is 7.81. The molecule has 0 spiro atoms. The summed E-state index contributed by atoms with van der Waals surface area (Å²) in [5.74, 6) is -0.393. The van der Waals surface area contributed by atoms with E-state index in [9.17, 15) is 14.9 Å². The number of hydrogen-bond donors (Lipinski definition) is 2. The first kappa shape index (κ1) is 14.4. The zero-order valence-electron chi connectivity index (χ0n) is 10.4. The number of rotatable bonds is 7. The number of benzene rings is 1. The first-order chi connectivity index (χ1) is 9.10. The zero-order chi connectivity index (χ0) is 14.3. The van der Waals surface area contributed by atoms with Crippen LogP contribution in [0.3, 0.4) is 0 Å². The molecule has 0 radical (unpaired) electrons. The standard InChI is InChI=1S/C13H15N3O3/c1-3-7-14-12-6-5-10(16(18)19)9-11(12)13(17)15-8-4-2/h3-6,9,14H,1-2,7-8H2,(H,15,17). The molecule has 19 heavy (non-hydrogen) atoms. The lowest BCUT2D eigenvalue weighted by Crippen LogP contribution is -2.24. The van der Waals surface area contributed by atoms with E-state index < -0.39 is 10.8 Å². The van der Waals surface area contributed by atoms with Crippen molar-refractivity contribution in [3.63, 3.8) is 0 Å². The number of non-ortho nitro benzene ring substituents is 1. The van der Waals surface area contributed by atoms with Gasteiger partial charge in [-0.2, -0.15) is 0 Å². The fourth-order valence-corrected chi connectivity index (χ4v) is 1.43. The predicted molar refractivity (Wildman–Crippen MR) is 74.3 cm³/mol. The Hall–Kier alpha value is -2.63. The normalized spacial score (nSPS) is 9.47. The van der Waals surface area contributed by atoms with E-state index >= 15 is 0 Å². The number of nitro benzene ring substituents is 1. The molecule has 0 atom stereocenters. The molecule has 0 aliphatic carbocycles. The Morgan fingerprint density at radius 1 is 1.32 bits per heavy atom. The van der Waals surface area contributed by atoms with Gasteiger partial charge in [-0.15, -0.1) is 13.2 Å². The molecule has 0 saturated carbocycles. The summed E-state index contributed by atoms with van der Waals surface area (Å²) in [4.78, 5) is 22.1. The molecule has 0 aromatic heterocycles. The minimum absolute atomic E-state index is 0.132. The Labute approximate surface area is 111 Å². The van der Waals surface area contributed by atoms with Crippen LogP contribution in [-0.4, -0.2) is 23.9 Å². The van der Waals surface area contributed by atoms with Gasteiger partial charge in [0.05, 0.1) is 10.5 Å². The summed E-state index contributed by atoms with van der Waals surface area (Å²) in [5, 5.41) is 16.3. The van der Waals surface area contributed by atoms with Crippen LogP contribution in [0.15, 0.2) is 43.5 Å². The summed E-state index contributed by atoms with van der Waals surface area (Å²) < 4.78 is 0. The topological polar surface area (TPSA) is 84.3 Å². The highest BCUT2D eigenvalue weighted by molar-refractivity contribution is 6.00. The van der Waals surface area contributed by atoms with Gasteiger partial charge in [-0.05, 0) is 6.07 Å². The zero-order valence-corrected chi connectivity index (χ0v) is 10.4. The number of carbonyl (C=O) groups excluding carboxylic acids is 1. The van der Waals surface area contributed by atoms with Crippen LogP contribution in [0.2, 0.25) is 0 Å². The third-order valence-corrected chi connectivity index (χ3v) is 2.30. The monoisotopic (exact) mass is 261 g/mol. The van der Waals surface area contributed by atoms with E-state index in [2.05, 4.69) is 23.8 Å². The van der Waals surface area contributed by atoms with Gasteiger partial charge in [0.25, 0.3) is 11.6 Å². The summed E-state index contributed by atoms with van der Waals surface area (Å²) in [7, 11) is 0. The van der Waals surface area contributed by atoms with Crippen LogP contribution in [-0.2, 0) is 0 Å². The third kappa shape index (κ3) is 3.95. The lowest BCUT2D eigenvalue weighted by Gasteiger charge is -2.10. The molecule has 1 aromatic carbocycles. The molecule has 1 rings (SSSR count). The predicted octanol–water partition coefficient (Wildman–Crippen LogP) is 2.11. The molecule has 0 bridgehead atoms. The maximum Gasteiger partial charge on any atom is 0.270 e. The van der Waals surface area contributed by atoms with E-state index in [-0.39, 0.29) is 11.3 Å². The van der Waals surface area contributed by atoms with E-state index in [4.69, 9.17) is 0 Å². The van der Waals surface area contributed by atoms with Crippen LogP contribution in [0, 0.1) is 10.1 Å². The maximum atomic E-state index is 11.9. The number of hydrogen-bond acceptors (Lipinski definition) is 4. The SMILES string of the molecule is C=CCNC(=O)c1cc([N+](=O)[O-])ccc1NCC=C. The Morgan fingerprint density at radius 3 is 2.58 bits per heavy atom. The molecule has 0 aliphatic rings. The minimum atomic E-state index is -0.540. The second-order valence-corrected chi connectivity index (χ2v) is 3.66. The van der Waals surface area contributed by atoms with Gasteiger partial charge in [0, 0.05) is 30.9 Å². The van der Waals surface area contributed by atoms with Gasteiger partial charge in [-0.25, -0.2) is 0 Å². The summed E-state index contributed by atoms with van der Waals surface area (Å²) >= 11 is 0. The van der Waals surface area contributed by atoms with Gasteiger partial charge < -0.3 is 10.6 Å². The summed E-state index contributed by atoms with van der Waals surface area (Å²) in [6.07, 6.45) is 3.17. The van der Waals surface area contributed by atoms with Crippen molar-refractivity contribution in [1.82, 2.24) is 5.32 Å². The number of nitrogens with one attached hydrogen (secondary N) is 2. The van der Waals surface area contributed by atoms with E-state index in [1.807, 2.05) is 0 Å². The smallest absolute Gasteiger partial charge is 0.270 e. The van der Waals surface area contributed by atoms with Crippen molar-refractivity contribution in [1.29, 1.82) is 0 Å². The number of anilines is 1. The molecule has 0 unspecified atom stereocenters. The number of carbonyl (C=O) groups is 1. The number of nitro groups is 1. The molecule has 0 heterocycles. The molecule has 0 aliphatic heterocycles. The van der Waals surface area contributed by atoms with Gasteiger partial charge in [0.2, 0.25) is 0 Å². The largest absolute Gasteiger partial charge is 0.381 e. The van der Waals surface area contributed by atoms with E-state index in [1.54, 1.807) is 6.08 Å². The van der Waals surface area contributed by atoms with Crippen molar-refractivity contribution >= 4 is 17.3 Å². The van der Waals surface area contributed by atoms with Gasteiger partial charge in [-0.1, -0.05) is 12.2 Å². The Kier molecular flexibility index (Phi) is 5.28. The van der Waals surface area contributed by atoms with Crippen molar-refractivity contribution in [2.75, 3.05) is 18.4 Å². The van der Waals surface area contributed by atoms with Crippen LogP contribution in [0.1, 0.15) is 10.4 Å². The molecule has 1 amide bonds. The fourth-order valence-electron chi connectivity index (χ4n) is 1.43. The molecule has 100 valence electrons. The van der Waals surface area contributed by atoms with Crippen molar-refractivity contribution in [2.45, 2.75) is 0 Å². The number of amides is 1. The first-order valence-electron chi connectivity index (χ1n) is 5.62. The van der Waals surface area contributed by atoms with E-state index in [1.165, 1.54) is 24.3 Å². The highest BCUT2D eigenvalue weighted by atomic mass is 16.6. The quantitative estimate of drug-likeness (QED) is 0.447. The molecule has 0 fully saturated rings. The van der Waals surface area contributed by atoms with Gasteiger partial charge >= 0.3 is 0 Å². The molecular formula is C13H15N3O3. The molecule has 0 saturated heterocycles. The second-order valence-electron chi connectivity index (χ2n) is 3.66. The van der Waals surface area contributed by atoms with E-state index in [0.717, 1.165) is 0 Å². The first-order valence-corrected chi connectivity index (χ1v) is 5.62. The molecule has 2 N–H and O–H groups in total. The van der Waals surface area contributed by atoms with Gasteiger partial charge in [0.1, 0.15) is 0 Å². The number of nitrogens with zero attached hydrogens (tertiary/aromatic N) is 1. The van der Waals surface area contributed by atoms with Crippen LogP contribution < -0.4 is 10.6 Å². The fraction of sp³-hybridized carbons (Fsp3) is 0.154.